The van der Waals surface area contributed by atoms with Gasteiger partial charge in [-0.2, -0.15) is 13.2 Å². The van der Waals surface area contributed by atoms with E-state index in [1.54, 1.807) is 18.2 Å². The summed E-state index contributed by atoms with van der Waals surface area (Å²) in [7, 11) is 0. The summed E-state index contributed by atoms with van der Waals surface area (Å²) in [6.45, 7) is 2.26. The lowest BCUT2D eigenvalue weighted by atomic mass is 10.0. The Kier molecular flexibility index (Phi) is 5.47. The van der Waals surface area contributed by atoms with Crippen molar-refractivity contribution in [3.05, 3.63) is 28.2 Å². The third kappa shape index (κ3) is 4.86. The second kappa shape index (κ2) is 6.43. The first-order chi connectivity index (χ1) is 8.33. The fourth-order valence-corrected chi connectivity index (χ4v) is 1.95. The van der Waals surface area contributed by atoms with E-state index in [4.69, 9.17) is 10.5 Å². The first-order valence-corrected chi connectivity index (χ1v) is 6.37. The minimum absolute atomic E-state index is 0.153. The predicted molar refractivity (Wildman–Crippen MR) is 67.5 cm³/mol. The van der Waals surface area contributed by atoms with E-state index in [1.165, 1.54) is 0 Å². The predicted octanol–water partition coefficient (Wildman–Crippen LogP) is 4.19. The summed E-state index contributed by atoms with van der Waals surface area (Å²) >= 11 is 3.27. The highest BCUT2D eigenvalue weighted by atomic mass is 79.9. The largest absolute Gasteiger partial charge is 0.494 e. The van der Waals surface area contributed by atoms with Crippen molar-refractivity contribution in [3.63, 3.8) is 0 Å². The molecule has 0 amide bonds. The van der Waals surface area contributed by atoms with Crippen LogP contribution in [0.4, 0.5) is 13.2 Å². The molecule has 0 radical (unpaired) electrons. The lowest BCUT2D eigenvalue weighted by Crippen LogP contribution is -2.16. The number of rotatable bonds is 5. The lowest BCUT2D eigenvalue weighted by Gasteiger charge is -2.17. The maximum Gasteiger partial charge on any atom is 0.389 e. The molecule has 0 aromatic heterocycles. The van der Waals surface area contributed by atoms with Crippen LogP contribution in [0, 0.1) is 0 Å². The highest BCUT2D eigenvalue weighted by Crippen LogP contribution is 2.32. The number of halogens is 4. The zero-order valence-electron chi connectivity index (χ0n) is 9.93. The van der Waals surface area contributed by atoms with Gasteiger partial charge in [0.2, 0.25) is 0 Å². The van der Waals surface area contributed by atoms with E-state index in [0.717, 1.165) is 4.47 Å². The normalized spacial score (nSPS) is 13.4. The second-order valence-electron chi connectivity index (χ2n) is 3.88. The fourth-order valence-electron chi connectivity index (χ4n) is 1.57. The van der Waals surface area contributed by atoms with Gasteiger partial charge in [-0.25, -0.2) is 0 Å². The van der Waals surface area contributed by atoms with Crippen molar-refractivity contribution in [2.45, 2.75) is 32.0 Å². The van der Waals surface area contributed by atoms with Crippen molar-refractivity contribution >= 4 is 15.9 Å². The minimum atomic E-state index is -4.19. The van der Waals surface area contributed by atoms with Crippen molar-refractivity contribution < 1.29 is 17.9 Å². The summed E-state index contributed by atoms with van der Waals surface area (Å²) in [5.74, 6) is 0.537. The molecule has 0 bridgehead atoms. The third-order valence-corrected chi connectivity index (χ3v) is 2.90. The summed E-state index contributed by atoms with van der Waals surface area (Å²) in [6, 6.07) is 4.48. The van der Waals surface area contributed by atoms with Gasteiger partial charge >= 0.3 is 6.18 Å². The van der Waals surface area contributed by atoms with Crippen LogP contribution in [-0.2, 0) is 0 Å². The molecule has 0 aliphatic carbocycles. The molecular weight excluding hydrogens is 311 g/mol. The quantitative estimate of drug-likeness (QED) is 0.880. The van der Waals surface area contributed by atoms with Crippen molar-refractivity contribution in [2.24, 2.45) is 5.73 Å². The maximum atomic E-state index is 12.2. The highest BCUT2D eigenvalue weighted by molar-refractivity contribution is 9.10. The Morgan fingerprint density at radius 3 is 2.61 bits per heavy atom. The number of benzene rings is 1. The van der Waals surface area contributed by atoms with Gasteiger partial charge in [0.15, 0.2) is 0 Å². The van der Waals surface area contributed by atoms with Crippen LogP contribution in [0.15, 0.2) is 22.7 Å². The number of alkyl halides is 3. The Bertz CT molecular complexity index is 395. The first-order valence-electron chi connectivity index (χ1n) is 5.58. The van der Waals surface area contributed by atoms with Gasteiger partial charge in [0, 0.05) is 22.5 Å². The zero-order valence-corrected chi connectivity index (χ0v) is 11.5. The van der Waals surface area contributed by atoms with Crippen molar-refractivity contribution in [3.8, 4) is 5.75 Å². The molecular formula is C12H15BrF3NO. The summed E-state index contributed by atoms with van der Waals surface area (Å²) in [5, 5.41) is 0. The molecule has 1 aromatic carbocycles. The third-order valence-electron chi connectivity index (χ3n) is 2.41. The molecule has 0 spiro atoms. The molecule has 0 saturated carbocycles. The van der Waals surface area contributed by atoms with E-state index < -0.39 is 18.6 Å². The molecule has 2 nitrogen and oxygen atoms in total. The number of hydrogen-bond donors (Lipinski definition) is 1. The smallest absolute Gasteiger partial charge is 0.389 e. The van der Waals surface area contributed by atoms with E-state index in [0.29, 0.717) is 17.9 Å². The van der Waals surface area contributed by atoms with E-state index in [9.17, 15) is 13.2 Å². The lowest BCUT2D eigenvalue weighted by molar-refractivity contribution is -0.136. The summed E-state index contributed by atoms with van der Waals surface area (Å²) in [5.41, 5.74) is 6.39. The molecule has 1 rings (SSSR count). The van der Waals surface area contributed by atoms with Gasteiger partial charge in [-0.05, 0) is 31.5 Å². The Labute approximate surface area is 112 Å². The molecule has 1 atom stereocenters. The summed E-state index contributed by atoms with van der Waals surface area (Å²) in [6.07, 6.45) is -5.23. The summed E-state index contributed by atoms with van der Waals surface area (Å²) < 4.78 is 42.6. The molecule has 0 unspecified atom stereocenters. The number of nitrogens with two attached hydrogens (primary N) is 1. The molecule has 6 heteroatoms. The SMILES string of the molecule is CCOc1ccc(Br)cc1[C@H](N)CCC(F)(F)F. The average Bonchev–Trinajstić information content (AvgIpc) is 2.27. The van der Waals surface area contributed by atoms with Crippen molar-refractivity contribution in [2.75, 3.05) is 6.61 Å². The Balaban J connectivity index is 2.82. The molecule has 0 heterocycles. The highest BCUT2D eigenvalue weighted by Gasteiger charge is 2.28. The Hall–Kier alpha value is -0.750. The van der Waals surface area contributed by atoms with Gasteiger partial charge in [-0.1, -0.05) is 15.9 Å². The van der Waals surface area contributed by atoms with Crippen LogP contribution in [0.3, 0.4) is 0 Å². The van der Waals surface area contributed by atoms with Crippen LogP contribution in [-0.4, -0.2) is 12.8 Å². The topological polar surface area (TPSA) is 35.2 Å². The molecule has 0 saturated heterocycles. The van der Waals surface area contributed by atoms with Crippen molar-refractivity contribution in [1.29, 1.82) is 0 Å². The van der Waals surface area contributed by atoms with Gasteiger partial charge in [-0.3, -0.25) is 0 Å². The van der Waals surface area contributed by atoms with Crippen molar-refractivity contribution in [1.82, 2.24) is 0 Å². The Morgan fingerprint density at radius 2 is 2.06 bits per heavy atom. The van der Waals surface area contributed by atoms with Gasteiger partial charge < -0.3 is 10.5 Å². The molecule has 0 fully saturated rings. The van der Waals surface area contributed by atoms with E-state index in [2.05, 4.69) is 15.9 Å². The van der Waals surface area contributed by atoms with Crippen LogP contribution in [0.1, 0.15) is 31.4 Å². The van der Waals surface area contributed by atoms with Crippen LogP contribution < -0.4 is 10.5 Å². The molecule has 1 aromatic rings. The maximum absolute atomic E-state index is 12.2. The van der Waals surface area contributed by atoms with Gasteiger partial charge in [0.25, 0.3) is 0 Å². The van der Waals surface area contributed by atoms with Crippen LogP contribution in [0.5, 0.6) is 5.75 Å². The standard InChI is InChI=1S/C12H15BrF3NO/c1-2-18-11-4-3-8(13)7-9(11)10(17)5-6-12(14,15)16/h3-4,7,10H,2,5-6,17H2,1H3/t10-/m1/s1. The van der Waals surface area contributed by atoms with Gasteiger partial charge in [0.1, 0.15) is 5.75 Å². The molecule has 2 N–H and O–H groups in total. The monoisotopic (exact) mass is 325 g/mol. The van der Waals surface area contributed by atoms with Gasteiger partial charge in [-0.15, -0.1) is 0 Å². The van der Waals surface area contributed by atoms with Gasteiger partial charge in [0.05, 0.1) is 6.61 Å². The zero-order chi connectivity index (χ0) is 13.8. The van der Waals surface area contributed by atoms with E-state index in [1.807, 2.05) is 6.92 Å². The second-order valence-corrected chi connectivity index (χ2v) is 4.79. The van der Waals surface area contributed by atoms with Crippen LogP contribution in [0.2, 0.25) is 0 Å². The molecule has 102 valence electrons. The number of hydrogen-bond acceptors (Lipinski definition) is 2. The fraction of sp³-hybridized carbons (Fsp3) is 0.500. The average molecular weight is 326 g/mol. The first kappa shape index (κ1) is 15.3. The van der Waals surface area contributed by atoms with Crippen LogP contribution in [0.25, 0.3) is 0 Å². The van der Waals surface area contributed by atoms with E-state index >= 15 is 0 Å². The Morgan fingerprint density at radius 1 is 1.39 bits per heavy atom. The van der Waals surface area contributed by atoms with E-state index in [-0.39, 0.29) is 6.42 Å². The van der Waals surface area contributed by atoms with Crippen LogP contribution >= 0.6 is 15.9 Å². The minimum Gasteiger partial charge on any atom is -0.494 e. The molecule has 0 aliphatic heterocycles. The number of ether oxygens (including phenoxy) is 1. The molecule has 18 heavy (non-hydrogen) atoms. The summed E-state index contributed by atoms with van der Waals surface area (Å²) in [4.78, 5) is 0. The molecule has 0 aliphatic rings.